The molecule has 0 spiro atoms. The van der Waals surface area contributed by atoms with E-state index < -0.39 is 22.5 Å². The summed E-state index contributed by atoms with van der Waals surface area (Å²) in [6.07, 6.45) is 0.557. The molecule has 0 fully saturated rings. The van der Waals surface area contributed by atoms with E-state index in [1.807, 2.05) is 0 Å². The summed E-state index contributed by atoms with van der Waals surface area (Å²) in [6.45, 7) is 0. The molecular formula is C5H3F2N3O2. The molecule has 0 saturated carbocycles. The van der Waals surface area contributed by atoms with E-state index in [2.05, 4.69) is 4.98 Å². The van der Waals surface area contributed by atoms with Gasteiger partial charge < -0.3 is 0 Å². The van der Waals surface area contributed by atoms with Crippen molar-refractivity contribution in [2.45, 2.75) is 0 Å². The van der Waals surface area contributed by atoms with Crippen LogP contribution in [0.1, 0.15) is 0 Å². The SMILES string of the molecule is O=[N+]([O-])Nc1cc(F)ncc1F. The first-order valence-electron chi connectivity index (χ1n) is 2.81. The summed E-state index contributed by atoms with van der Waals surface area (Å²) in [5, 5.41) is 8.83. The van der Waals surface area contributed by atoms with E-state index in [4.69, 9.17) is 0 Å². The maximum atomic E-state index is 12.5. The van der Waals surface area contributed by atoms with E-state index in [-0.39, 0.29) is 0 Å². The minimum atomic E-state index is -0.988. The monoisotopic (exact) mass is 175 g/mol. The van der Waals surface area contributed by atoms with Crippen molar-refractivity contribution in [1.82, 2.24) is 4.98 Å². The number of anilines is 1. The molecule has 0 aliphatic rings. The van der Waals surface area contributed by atoms with Crippen LogP contribution in [0.3, 0.4) is 0 Å². The van der Waals surface area contributed by atoms with Crippen LogP contribution < -0.4 is 5.43 Å². The Kier molecular flexibility index (Phi) is 2.13. The molecule has 1 rings (SSSR count). The van der Waals surface area contributed by atoms with E-state index >= 15 is 0 Å². The van der Waals surface area contributed by atoms with Crippen molar-refractivity contribution in [3.8, 4) is 0 Å². The zero-order valence-electron chi connectivity index (χ0n) is 5.62. The lowest BCUT2D eigenvalue weighted by atomic mass is 10.4. The van der Waals surface area contributed by atoms with Crippen molar-refractivity contribution < 1.29 is 13.8 Å². The van der Waals surface area contributed by atoms with Crippen LogP contribution in [-0.4, -0.2) is 10.0 Å². The van der Waals surface area contributed by atoms with E-state index in [1.54, 1.807) is 0 Å². The highest BCUT2D eigenvalue weighted by atomic mass is 19.1. The van der Waals surface area contributed by atoms with E-state index in [1.165, 1.54) is 5.43 Å². The Hall–Kier alpha value is -1.79. The molecule has 0 atom stereocenters. The molecule has 0 aromatic carbocycles. The Balaban J connectivity index is 2.97. The Morgan fingerprint density at radius 1 is 1.58 bits per heavy atom. The van der Waals surface area contributed by atoms with E-state index in [0.717, 1.165) is 0 Å². The van der Waals surface area contributed by atoms with Crippen LogP contribution in [-0.2, 0) is 0 Å². The van der Waals surface area contributed by atoms with E-state index in [9.17, 15) is 18.9 Å². The second kappa shape index (κ2) is 3.07. The highest BCUT2D eigenvalue weighted by molar-refractivity contribution is 5.40. The molecule has 64 valence electrons. The summed E-state index contributed by atoms with van der Waals surface area (Å²) in [4.78, 5) is 12.8. The van der Waals surface area contributed by atoms with Crippen molar-refractivity contribution in [2.75, 3.05) is 5.43 Å². The van der Waals surface area contributed by atoms with E-state index in [0.29, 0.717) is 12.3 Å². The highest BCUT2D eigenvalue weighted by Crippen LogP contribution is 2.12. The van der Waals surface area contributed by atoms with Crippen LogP contribution in [0.15, 0.2) is 12.3 Å². The summed E-state index contributed by atoms with van der Waals surface area (Å²) in [5.41, 5.74) is 0.932. The third kappa shape index (κ3) is 1.84. The van der Waals surface area contributed by atoms with Gasteiger partial charge in [0.25, 0.3) is 0 Å². The van der Waals surface area contributed by atoms with Crippen LogP contribution in [0.2, 0.25) is 0 Å². The summed E-state index contributed by atoms with van der Waals surface area (Å²) in [6, 6.07) is 0.595. The molecule has 7 heteroatoms. The van der Waals surface area contributed by atoms with Crippen LogP contribution in [0.4, 0.5) is 14.5 Å². The van der Waals surface area contributed by atoms with Crippen LogP contribution >= 0.6 is 0 Å². The molecule has 1 N–H and O–H groups in total. The Morgan fingerprint density at radius 2 is 2.25 bits per heavy atom. The minimum absolute atomic E-state index is 0.549. The molecule has 1 aromatic heterocycles. The standard InChI is InChI=1S/C5H3F2N3O2/c6-3-2-8-5(7)1-4(3)9-10(11)12/h1-2H,(H,8,9). The lowest BCUT2D eigenvalue weighted by Crippen LogP contribution is -2.09. The summed E-state index contributed by atoms with van der Waals surface area (Å²) in [5.74, 6) is -1.96. The number of hydrogen-bond acceptors (Lipinski definition) is 3. The molecule has 0 aliphatic carbocycles. The second-order valence-electron chi connectivity index (χ2n) is 1.86. The second-order valence-corrected chi connectivity index (χ2v) is 1.86. The number of pyridine rings is 1. The fourth-order valence-electron chi connectivity index (χ4n) is 0.597. The fourth-order valence-corrected chi connectivity index (χ4v) is 0.597. The first-order chi connectivity index (χ1) is 5.59. The van der Waals surface area contributed by atoms with Gasteiger partial charge in [0, 0.05) is 6.07 Å². The third-order valence-electron chi connectivity index (χ3n) is 1.03. The van der Waals surface area contributed by atoms with Crippen molar-refractivity contribution in [3.63, 3.8) is 0 Å². The van der Waals surface area contributed by atoms with Gasteiger partial charge in [-0.25, -0.2) is 19.5 Å². The quantitative estimate of drug-likeness (QED) is 0.413. The van der Waals surface area contributed by atoms with Gasteiger partial charge in [0.1, 0.15) is 5.69 Å². The normalized spacial score (nSPS) is 9.50. The van der Waals surface area contributed by atoms with Crippen molar-refractivity contribution in [2.24, 2.45) is 0 Å². The number of nitro groups is 1. The molecule has 1 aromatic rings. The number of nitrogens with one attached hydrogen (secondary N) is 1. The van der Waals surface area contributed by atoms with Gasteiger partial charge in [-0.3, -0.25) is 0 Å². The average Bonchev–Trinajstić information content (AvgIpc) is 1.96. The number of aromatic nitrogens is 1. The van der Waals surface area contributed by atoms with Crippen molar-refractivity contribution in [3.05, 3.63) is 34.1 Å². The topological polar surface area (TPSA) is 68.1 Å². The Labute approximate surface area is 65.2 Å². The molecule has 0 aliphatic heterocycles. The van der Waals surface area contributed by atoms with Crippen molar-refractivity contribution >= 4 is 5.69 Å². The molecule has 0 amide bonds. The van der Waals surface area contributed by atoms with Gasteiger partial charge in [0.15, 0.2) is 10.8 Å². The van der Waals surface area contributed by atoms with Gasteiger partial charge in [0.05, 0.1) is 6.20 Å². The lowest BCUT2D eigenvalue weighted by Gasteiger charge is -1.97. The maximum absolute atomic E-state index is 12.5. The van der Waals surface area contributed by atoms with Gasteiger partial charge in [0.2, 0.25) is 5.95 Å². The molecule has 5 nitrogen and oxygen atoms in total. The maximum Gasteiger partial charge on any atom is 0.215 e. The third-order valence-corrected chi connectivity index (χ3v) is 1.03. The van der Waals surface area contributed by atoms with Crippen LogP contribution in [0, 0.1) is 21.9 Å². The lowest BCUT2D eigenvalue weighted by molar-refractivity contribution is -0.445. The number of halogens is 2. The molecule has 0 radical (unpaired) electrons. The zero-order valence-corrected chi connectivity index (χ0v) is 5.62. The Bertz CT molecular complexity index is 318. The molecular weight excluding hydrogens is 172 g/mol. The molecule has 12 heavy (non-hydrogen) atoms. The summed E-state index contributed by atoms with van der Waals surface area (Å²) in [7, 11) is 0. The summed E-state index contributed by atoms with van der Waals surface area (Å²) >= 11 is 0. The van der Waals surface area contributed by atoms with Gasteiger partial charge in [-0.2, -0.15) is 4.39 Å². The number of hydrogen-bond donors (Lipinski definition) is 1. The highest BCUT2D eigenvalue weighted by Gasteiger charge is 2.08. The zero-order chi connectivity index (χ0) is 9.14. The predicted octanol–water partition coefficient (Wildman–Crippen LogP) is 0.963. The molecule has 0 unspecified atom stereocenters. The van der Waals surface area contributed by atoms with Crippen LogP contribution in [0.5, 0.6) is 0 Å². The Morgan fingerprint density at radius 3 is 2.83 bits per heavy atom. The fraction of sp³-hybridized carbons (Fsp3) is 0. The average molecular weight is 175 g/mol. The number of hydrazine groups is 1. The number of nitrogens with zero attached hydrogens (tertiary/aromatic N) is 2. The minimum Gasteiger partial charge on any atom is -0.235 e. The van der Waals surface area contributed by atoms with Crippen molar-refractivity contribution in [1.29, 1.82) is 0 Å². The number of rotatable bonds is 2. The van der Waals surface area contributed by atoms with Gasteiger partial charge in [-0.05, 0) is 0 Å². The molecule has 0 saturated heterocycles. The largest absolute Gasteiger partial charge is 0.235 e. The summed E-state index contributed by atoms with van der Waals surface area (Å²) < 4.78 is 24.8. The molecule has 0 bridgehead atoms. The molecule has 1 heterocycles. The van der Waals surface area contributed by atoms with Crippen LogP contribution in [0.25, 0.3) is 0 Å². The smallest absolute Gasteiger partial charge is 0.215 e. The first kappa shape index (κ1) is 8.31. The van der Waals surface area contributed by atoms with Gasteiger partial charge >= 0.3 is 0 Å². The first-order valence-corrected chi connectivity index (χ1v) is 2.81. The van der Waals surface area contributed by atoms with Gasteiger partial charge in [-0.15, -0.1) is 5.43 Å². The predicted molar refractivity (Wildman–Crippen MR) is 34.8 cm³/mol. The van der Waals surface area contributed by atoms with Gasteiger partial charge in [-0.1, -0.05) is 0 Å².